The molecule has 25 heavy (non-hydrogen) atoms. The molecule has 1 saturated carbocycles. The topological polar surface area (TPSA) is 64.1 Å². The number of hydrogen-bond donors (Lipinski definition) is 2. The van der Waals surface area contributed by atoms with E-state index in [4.69, 9.17) is 21.8 Å². The van der Waals surface area contributed by atoms with Gasteiger partial charge < -0.3 is 15.5 Å². The predicted molar refractivity (Wildman–Crippen MR) is 108 cm³/mol. The highest BCUT2D eigenvalue weighted by Crippen LogP contribution is 2.43. The quantitative estimate of drug-likeness (QED) is 0.496. The highest BCUT2D eigenvalue weighted by molar-refractivity contribution is 9.10. The largest absolute Gasteiger partial charge is 0.456 e. The van der Waals surface area contributed by atoms with Crippen molar-refractivity contribution in [1.29, 1.82) is 0 Å². The molecule has 0 aromatic carbocycles. The van der Waals surface area contributed by atoms with E-state index in [1.54, 1.807) is 11.3 Å². The van der Waals surface area contributed by atoms with Crippen molar-refractivity contribution in [2.45, 2.75) is 44.2 Å². The number of thiophene rings is 1. The lowest BCUT2D eigenvalue weighted by Gasteiger charge is -2.27. The molecular weight excluding hydrogens is 422 g/mol. The number of pyridine rings is 1. The third-order valence-electron chi connectivity index (χ3n) is 4.77. The number of nitrogens with two attached hydrogens (primary N) is 1. The van der Waals surface area contributed by atoms with Crippen molar-refractivity contribution < 1.29 is 4.42 Å². The Bertz CT molecular complexity index is 880. The van der Waals surface area contributed by atoms with Crippen LogP contribution in [0.2, 0.25) is 5.15 Å². The third-order valence-corrected chi connectivity index (χ3v) is 6.60. The summed E-state index contributed by atoms with van der Waals surface area (Å²) in [6.45, 7) is 0.726. The Morgan fingerprint density at radius 2 is 2.24 bits per heavy atom. The van der Waals surface area contributed by atoms with Crippen molar-refractivity contribution in [1.82, 2.24) is 4.98 Å². The first-order chi connectivity index (χ1) is 12.1. The molecule has 3 aromatic rings. The van der Waals surface area contributed by atoms with Crippen LogP contribution in [-0.2, 0) is 6.54 Å². The third kappa shape index (κ3) is 3.45. The van der Waals surface area contributed by atoms with E-state index in [0.29, 0.717) is 5.15 Å². The number of nitrogens with one attached hydrogen (secondary N) is 1. The van der Waals surface area contributed by atoms with Crippen LogP contribution in [-0.4, -0.2) is 11.0 Å². The maximum atomic E-state index is 6.35. The Kier molecular flexibility index (Phi) is 5.04. The Hall–Kier alpha value is -1.08. The second-order valence-electron chi connectivity index (χ2n) is 6.44. The van der Waals surface area contributed by atoms with Crippen LogP contribution in [0.15, 0.2) is 32.5 Å². The lowest BCUT2D eigenvalue weighted by molar-refractivity contribution is 0.340. The molecule has 0 spiro atoms. The van der Waals surface area contributed by atoms with Gasteiger partial charge >= 0.3 is 0 Å². The van der Waals surface area contributed by atoms with E-state index in [1.807, 2.05) is 12.1 Å². The van der Waals surface area contributed by atoms with Gasteiger partial charge in [-0.15, -0.1) is 11.3 Å². The van der Waals surface area contributed by atoms with Gasteiger partial charge in [-0.25, -0.2) is 4.98 Å². The zero-order valence-electron chi connectivity index (χ0n) is 13.6. The summed E-state index contributed by atoms with van der Waals surface area (Å²) in [4.78, 5) is 5.72. The molecule has 0 saturated heterocycles. The van der Waals surface area contributed by atoms with Crippen LogP contribution in [0.5, 0.6) is 0 Å². The van der Waals surface area contributed by atoms with E-state index in [0.717, 1.165) is 46.4 Å². The first-order valence-electron chi connectivity index (χ1n) is 8.43. The standard InChI is InChI=1S/C18H19BrClN3OS/c19-15-16-18(24-17(15)11-5-1-2-6-12(11)21)13(8-14(20)23-16)22-9-10-4-3-7-25-10/h3-4,7-8,11-12H,1-2,5-6,9,21H2,(H,22,23)/t11-,12-/m1/s1. The molecule has 0 aliphatic heterocycles. The fourth-order valence-electron chi connectivity index (χ4n) is 3.48. The molecule has 0 amide bonds. The van der Waals surface area contributed by atoms with E-state index in [-0.39, 0.29) is 12.0 Å². The van der Waals surface area contributed by atoms with Gasteiger partial charge in [0.15, 0.2) is 5.58 Å². The molecule has 4 rings (SSSR count). The lowest BCUT2D eigenvalue weighted by atomic mass is 9.83. The monoisotopic (exact) mass is 439 g/mol. The molecular formula is C18H19BrClN3OS. The van der Waals surface area contributed by atoms with Crippen LogP contribution in [0, 0.1) is 0 Å². The van der Waals surface area contributed by atoms with Crippen LogP contribution in [0.25, 0.3) is 11.1 Å². The van der Waals surface area contributed by atoms with E-state index < -0.39 is 0 Å². The van der Waals surface area contributed by atoms with Gasteiger partial charge in [0.05, 0.1) is 10.2 Å². The van der Waals surface area contributed by atoms with Gasteiger partial charge in [0.1, 0.15) is 16.4 Å². The van der Waals surface area contributed by atoms with Crippen molar-refractivity contribution in [3.63, 3.8) is 0 Å². The molecule has 1 aliphatic carbocycles. The number of rotatable bonds is 4. The number of anilines is 1. The van der Waals surface area contributed by atoms with Crippen LogP contribution >= 0.6 is 38.9 Å². The summed E-state index contributed by atoms with van der Waals surface area (Å²) in [6, 6.07) is 6.09. The summed E-state index contributed by atoms with van der Waals surface area (Å²) in [5.41, 5.74) is 8.71. The highest BCUT2D eigenvalue weighted by Gasteiger charge is 2.30. The summed E-state index contributed by atoms with van der Waals surface area (Å²) in [6.07, 6.45) is 4.45. The fourth-order valence-corrected chi connectivity index (χ4v) is 4.96. The molecule has 0 bridgehead atoms. The first kappa shape index (κ1) is 17.3. The van der Waals surface area contributed by atoms with Gasteiger partial charge in [-0.1, -0.05) is 30.5 Å². The summed E-state index contributed by atoms with van der Waals surface area (Å²) in [5.74, 6) is 1.12. The second kappa shape index (κ2) is 7.27. The minimum atomic E-state index is 0.128. The molecule has 7 heteroatoms. The van der Waals surface area contributed by atoms with Gasteiger partial charge in [-0.3, -0.25) is 0 Å². The van der Waals surface area contributed by atoms with Crippen LogP contribution in [0.1, 0.15) is 42.2 Å². The average Bonchev–Trinajstić information content (AvgIpc) is 3.22. The van der Waals surface area contributed by atoms with E-state index in [2.05, 4.69) is 37.7 Å². The van der Waals surface area contributed by atoms with Gasteiger partial charge in [-0.05, 0) is 40.2 Å². The van der Waals surface area contributed by atoms with Crippen molar-refractivity contribution in [3.05, 3.63) is 43.8 Å². The number of halogens is 2. The van der Waals surface area contributed by atoms with E-state index in [1.165, 1.54) is 17.7 Å². The molecule has 132 valence electrons. The minimum absolute atomic E-state index is 0.128. The lowest BCUT2D eigenvalue weighted by Crippen LogP contribution is -2.31. The van der Waals surface area contributed by atoms with E-state index >= 15 is 0 Å². The zero-order chi connectivity index (χ0) is 17.4. The van der Waals surface area contributed by atoms with Crippen LogP contribution < -0.4 is 11.1 Å². The van der Waals surface area contributed by atoms with Gasteiger partial charge in [0.25, 0.3) is 0 Å². The Labute approximate surface area is 163 Å². The maximum Gasteiger partial charge on any atom is 0.177 e. The molecule has 0 unspecified atom stereocenters. The number of furan rings is 1. The predicted octanol–water partition coefficient (Wildman–Crippen LogP) is 5.90. The Morgan fingerprint density at radius 3 is 3.00 bits per heavy atom. The number of nitrogens with zero attached hydrogens (tertiary/aromatic N) is 1. The van der Waals surface area contributed by atoms with Crippen molar-refractivity contribution in [2.24, 2.45) is 5.73 Å². The maximum absolute atomic E-state index is 6.35. The molecule has 2 atom stereocenters. The molecule has 3 heterocycles. The summed E-state index contributed by atoms with van der Waals surface area (Å²) < 4.78 is 7.14. The SMILES string of the molecule is N[C@@H]1CCCC[C@H]1c1oc2c(NCc3cccs3)cc(Cl)nc2c1Br. The van der Waals surface area contributed by atoms with Crippen LogP contribution in [0.4, 0.5) is 5.69 Å². The van der Waals surface area contributed by atoms with Crippen molar-refractivity contribution >= 4 is 55.7 Å². The molecule has 3 N–H and O–H groups in total. The first-order valence-corrected chi connectivity index (χ1v) is 10.5. The minimum Gasteiger partial charge on any atom is -0.456 e. The van der Waals surface area contributed by atoms with Gasteiger partial charge in [0.2, 0.25) is 0 Å². The van der Waals surface area contributed by atoms with Gasteiger partial charge in [-0.2, -0.15) is 0 Å². The molecule has 0 radical (unpaired) electrons. The molecule has 1 aliphatic rings. The highest BCUT2D eigenvalue weighted by atomic mass is 79.9. The average molecular weight is 441 g/mol. The Balaban J connectivity index is 1.72. The molecule has 4 nitrogen and oxygen atoms in total. The zero-order valence-corrected chi connectivity index (χ0v) is 16.8. The fraction of sp³-hybridized carbons (Fsp3) is 0.389. The van der Waals surface area contributed by atoms with Crippen LogP contribution in [0.3, 0.4) is 0 Å². The number of aromatic nitrogens is 1. The second-order valence-corrected chi connectivity index (χ2v) is 8.65. The van der Waals surface area contributed by atoms with Gasteiger partial charge in [0, 0.05) is 29.4 Å². The van der Waals surface area contributed by atoms with Crippen molar-refractivity contribution in [3.8, 4) is 0 Å². The number of hydrogen-bond acceptors (Lipinski definition) is 5. The smallest absolute Gasteiger partial charge is 0.177 e. The van der Waals surface area contributed by atoms with Crippen molar-refractivity contribution in [2.75, 3.05) is 5.32 Å². The normalized spacial score (nSPS) is 20.9. The summed E-state index contributed by atoms with van der Waals surface area (Å²) >= 11 is 11.6. The summed E-state index contributed by atoms with van der Waals surface area (Å²) in [7, 11) is 0. The number of fused-ring (bicyclic) bond motifs is 1. The summed E-state index contributed by atoms with van der Waals surface area (Å²) in [5, 5.41) is 5.94. The van der Waals surface area contributed by atoms with E-state index in [9.17, 15) is 0 Å². The molecule has 3 aromatic heterocycles. The Morgan fingerprint density at radius 1 is 1.40 bits per heavy atom. The molecule has 1 fully saturated rings.